The van der Waals surface area contributed by atoms with E-state index in [1.54, 1.807) is 6.07 Å². The van der Waals surface area contributed by atoms with Crippen molar-refractivity contribution >= 4 is 11.8 Å². The summed E-state index contributed by atoms with van der Waals surface area (Å²) in [7, 11) is 0. The normalized spacial score (nSPS) is 23.5. The van der Waals surface area contributed by atoms with E-state index >= 15 is 0 Å². The number of primary amides is 1. The Balaban J connectivity index is 1.29. The van der Waals surface area contributed by atoms with E-state index in [2.05, 4.69) is 14.9 Å². The fraction of sp³-hybridized carbons (Fsp3) is 0.520. The van der Waals surface area contributed by atoms with Gasteiger partial charge in [0.2, 0.25) is 5.91 Å². The van der Waals surface area contributed by atoms with Crippen molar-refractivity contribution in [2.75, 3.05) is 26.2 Å². The van der Waals surface area contributed by atoms with Crippen LogP contribution in [0.25, 0.3) is 0 Å². The number of carbonyl (C=O) groups is 2. The SMILES string of the molecule is Cc1nc(C2CC2)nc(C)c1C(=O)N1CC2CN([C@@H](CC(N)=O)c3cccc(F)c3)CC2C1. The molecule has 3 heterocycles. The topological polar surface area (TPSA) is 92.4 Å². The molecule has 5 rings (SSSR count). The Morgan fingerprint density at radius 2 is 1.73 bits per heavy atom. The molecule has 3 atom stereocenters. The van der Waals surface area contributed by atoms with Crippen molar-refractivity contribution < 1.29 is 14.0 Å². The van der Waals surface area contributed by atoms with Gasteiger partial charge in [0.15, 0.2) is 0 Å². The number of fused-ring (bicyclic) bond motifs is 1. The average molecular weight is 452 g/mol. The number of rotatable bonds is 6. The Labute approximate surface area is 193 Å². The van der Waals surface area contributed by atoms with Gasteiger partial charge < -0.3 is 10.6 Å². The number of hydrogen-bond donors (Lipinski definition) is 1. The molecule has 1 aromatic carbocycles. The van der Waals surface area contributed by atoms with Crippen molar-refractivity contribution in [3.8, 4) is 0 Å². The number of hydrogen-bond acceptors (Lipinski definition) is 5. The summed E-state index contributed by atoms with van der Waals surface area (Å²) in [4.78, 5) is 38.5. The number of benzene rings is 1. The van der Waals surface area contributed by atoms with E-state index in [4.69, 9.17) is 5.73 Å². The zero-order valence-corrected chi connectivity index (χ0v) is 19.1. The molecule has 2 amide bonds. The van der Waals surface area contributed by atoms with Crippen LogP contribution in [0, 0.1) is 31.5 Å². The van der Waals surface area contributed by atoms with E-state index in [0.717, 1.165) is 48.7 Å². The summed E-state index contributed by atoms with van der Waals surface area (Å²) in [5.74, 6) is 1.23. The van der Waals surface area contributed by atoms with Gasteiger partial charge in [0.25, 0.3) is 5.91 Å². The van der Waals surface area contributed by atoms with Crippen LogP contribution in [0.1, 0.15) is 64.4 Å². The first-order chi connectivity index (χ1) is 15.8. The highest BCUT2D eigenvalue weighted by molar-refractivity contribution is 5.96. The van der Waals surface area contributed by atoms with E-state index in [1.165, 1.54) is 12.1 Å². The molecule has 2 saturated heterocycles. The zero-order chi connectivity index (χ0) is 23.3. The summed E-state index contributed by atoms with van der Waals surface area (Å²) in [6, 6.07) is 6.14. The van der Waals surface area contributed by atoms with Gasteiger partial charge in [0.1, 0.15) is 11.6 Å². The van der Waals surface area contributed by atoms with Gasteiger partial charge in [-0.05, 0) is 56.2 Å². The van der Waals surface area contributed by atoms with Gasteiger partial charge in [-0.3, -0.25) is 14.5 Å². The summed E-state index contributed by atoms with van der Waals surface area (Å²) in [6.45, 7) is 6.63. The summed E-state index contributed by atoms with van der Waals surface area (Å²) in [5, 5.41) is 0. The Morgan fingerprint density at radius 3 is 2.27 bits per heavy atom. The van der Waals surface area contributed by atoms with Gasteiger partial charge in [0, 0.05) is 44.6 Å². The number of carbonyl (C=O) groups excluding carboxylic acids is 2. The highest BCUT2D eigenvalue weighted by atomic mass is 19.1. The van der Waals surface area contributed by atoms with Crippen LogP contribution in [0.5, 0.6) is 0 Å². The van der Waals surface area contributed by atoms with Gasteiger partial charge in [-0.2, -0.15) is 0 Å². The lowest BCUT2D eigenvalue weighted by molar-refractivity contribution is -0.119. The number of halogens is 1. The highest BCUT2D eigenvalue weighted by Crippen LogP contribution is 2.40. The molecule has 3 aliphatic rings. The molecule has 0 bridgehead atoms. The fourth-order valence-corrected chi connectivity index (χ4v) is 5.55. The van der Waals surface area contributed by atoms with Crippen molar-refractivity contribution in [2.45, 2.75) is 45.1 Å². The molecule has 8 heteroatoms. The lowest BCUT2D eigenvalue weighted by Gasteiger charge is -2.29. The number of amides is 2. The van der Waals surface area contributed by atoms with Crippen LogP contribution >= 0.6 is 0 Å². The third-order valence-corrected chi connectivity index (χ3v) is 7.31. The van der Waals surface area contributed by atoms with Gasteiger partial charge in [-0.25, -0.2) is 14.4 Å². The first-order valence-electron chi connectivity index (χ1n) is 11.7. The first kappa shape index (κ1) is 21.9. The van der Waals surface area contributed by atoms with Crippen LogP contribution in [0.4, 0.5) is 4.39 Å². The molecule has 0 radical (unpaired) electrons. The standard InChI is InChI=1S/C25H30FN5O2/c1-14-23(15(2)29-24(28-14)16-6-7-16)25(33)31-12-18-10-30(11-19(18)13-31)21(9-22(27)32)17-4-3-5-20(26)8-17/h3-5,8,16,18-19,21H,6-7,9-13H2,1-2H3,(H2,27,32)/t18?,19?,21-/m0/s1. The monoisotopic (exact) mass is 451 g/mol. The van der Waals surface area contributed by atoms with Crippen LogP contribution in [0.2, 0.25) is 0 Å². The first-order valence-corrected chi connectivity index (χ1v) is 11.7. The van der Waals surface area contributed by atoms with Crippen LogP contribution in [0.3, 0.4) is 0 Å². The van der Waals surface area contributed by atoms with E-state index < -0.39 is 5.91 Å². The predicted octanol–water partition coefficient (Wildman–Crippen LogP) is 2.73. The Kier molecular flexibility index (Phi) is 5.64. The molecule has 1 aliphatic carbocycles. The third kappa shape index (κ3) is 4.36. The maximum atomic E-state index is 13.8. The largest absolute Gasteiger partial charge is 0.370 e. The molecule has 3 fully saturated rings. The van der Waals surface area contributed by atoms with Gasteiger partial charge in [-0.15, -0.1) is 0 Å². The van der Waals surface area contributed by atoms with Crippen molar-refractivity contribution in [3.05, 3.63) is 58.4 Å². The molecule has 2 aromatic rings. The lowest BCUT2D eigenvalue weighted by Crippen LogP contribution is -2.36. The van der Waals surface area contributed by atoms with E-state index in [-0.39, 0.29) is 24.2 Å². The minimum absolute atomic E-state index is 0.00659. The molecule has 0 spiro atoms. The number of nitrogens with two attached hydrogens (primary N) is 1. The Bertz CT molecular complexity index is 1060. The number of likely N-dealkylation sites (tertiary alicyclic amines) is 2. The van der Waals surface area contributed by atoms with Gasteiger partial charge in [-0.1, -0.05) is 12.1 Å². The quantitative estimate of drug-likeness (QED) is 0.729. The van der Waals surface area contributed by atoms with Crippen molar-refractivity contribution in [1.29, 1.82) is 0 Å². The predicted molar refractivity (Wildman–Crippen MR) is 121 cm³/mol. The Morgan fingerprint density at radius 1 is 1.09 bits per heavy atom. The Hall–Kier alpha value is -2.87. The fourth-order valence-electron chi connectivity index (χ4n) is 5.55. The summed E-state index contributed by atoms with van der Waals surface area (Å²) in [5.41, 5.74) is 8.44. The zero-order valence-electron chi connectivity index (χ0n) is 19.1. The molecule has 33 heavy (non-hydrogen) atoms. The molecular formula is C25H30FN5O2. The molecule has 1 aromatic heterocycles. The molecule has 2 aliphatic heterocycles. The molecule has 2 unspecified atom stereocenters. The van der Waals surface area contributed by atoms with Crippen LogP contribution in [-0.4, -0.2) is 57.8 Å². The molecule has 7 nitrogen and oxygen atoms in total. The number of aryl methyl sites for hydroxylation is 2. The van der Waals surface area contributed by atoms with E-state index in [9.17, 15) is 14.0 Å². The lowest BCUT2D eigenvalue weighted by atomic mass is 10.0. The molecule has 174 valence electrons. The average Bonchev–Trinajstić information content (AvgIpc) is 3.41. The smallest absolute Gasteiger partial charge is 0.257 e. The third-order valence-electron chi connectivity index (χ3n) is 7.31. The summed E-state index contributed by atoms with van der Waals surface area (Å²) in [6.07, 6.45) is 2.41. The van der Waals surface area contributed by atoms with Crippen LogP contribution in [-0.2, 0) is 4.79 Å². The molecule has 1 saturated carbocycles. The maximum absolute atomic E-state index is 13.8. The van der Waals surface area contributed by atoms with Crippen molar-refractivity contribution in [1.82, 2.24) is 19.8 Å². The van der Waals surface area contributed by atoms with Gasteiger partial charge >= 0.3 is 0 Å². The van der Waals surface area contributed by atoms with Crippen LogP contribution < -0.4 is 5.73 Å². The second-order valence-electron chi connectivity index (χ2n) is 9.83. The highest BCUT2D eigenvalue weighted by Gasteiger charge is 2.44. The number of nitrogens with zero attached hydrogens (tertiary/aromatic N) is 4. The van der Waals surface area contributed by atoms with Crippen molar-refractivity contribution in [2.24, 2.45) is 17.6 Å². The molecular weight excluding hydrogens is 421 g/mol. The maximum Gasteiger partial charge on any atom is 0.257 e. The van der Waals surface area contributed by atoms with E-state index in [0.29, 0.717) is 36.4 Å². The summed E-state index contributed by atoms with van der Waals surface area (Å²) >= 11 is 0. The molecule has 2 N–H and O–H groups in total. The summed E-state index contributed by atoms with van der Waals surface area (Å²) < 4.78 is 13.8. The van der Waals surface area contributed by atoms with Gasteiger partial charge in [0.05, 0.1) is 17.0 Å². The minimum atomic E-state index is -0.404. The number of aromatic nitrogens is 2. The van der Waals surface area contributed by atoms with Crippen LogP contribution in [0.15, 0.2) is 24.3 Å². The van der Waals surface area contributed by atoms with Crippen molar-refractivity contribution in [3.63, 3.8) is 0 Å². The minimum Gasteiger partial charge on any atom is -0.370 e. The second-order valence-corrected chi connectivity index (χ2v) is 9.83. The van der Waals surface area contributed by atoms with E-state index in [1.807, 2.05) is 24.8 Å². The second kappa shape index (κ2) is 8.48.